The van der Waals surface area contributed by atoms with E-state index in [0.717, 1.165) is 25.7 Å². The topological polar surface area (TPSA) is 63.4 Å². The van der Waals surface area contributed by atoms with Gasteiger partial charge in [-0.2, -0.15) is 4.31 Å². The fraction of sp³-hybridized carbons (Fsp3) is 0.571. The van der Waals surface area contributed by atoms with Crippen molar-refractivity contribution >= 4 is 15.7 Å². The zero-order valence-corrected chi connectivity index (χ0v) is 12.5. The Morgan fingerprint density at radius 1 is 1.35 bits per heavy atom. The van der Waals surface area contributed by atoms with Crippen molar-refractivity contribution in [2.75, 3.05) is 18.8 Å². The van der Waals surface area contributed by atoms with Crippen LogP contribution in [0.5, 0.6) is 0 Å². The zero-order valence-electron chi connectivity index (χ0n) is 11.7. The molecule has 1 aliphatic rings. The van der Waals surface area contributed by atoms with Crippen LogP contribution in [0.2, 0.25) is 0 Å². The van der Waals surface area contributed by atoms with Gasteiger partial charge in [-0.15, -0.1) is 0 Å². The molecule has 0 bridgehead atoms. The van der Waals surface area contributed by atoms with Crippen LogP contribution in [0.1, 0.15) is 32.6 Å². The van der Waals surface area contributed by atoms with E-state index in [-0.39, 0.29) is 10.6 Å². The molecule has 1 aliphatic heterocycles. The molecule has 0 saturated carbocycles. The molecule has 0 radical (unpaired) electrons. The number of para-hydroxylation sites is 1. The van der Waals surface area contributed by atoms with Crippen LogP contribution in [0.4, 0.5) is 10.1 Å². The van der Waals surface area contributed by atoms with Gasteiger partial charge in [-0.25, -0.2) is 12.8 Å². The van der Waals surface area contributed by atoms with E-state index in [0.29, 0.717) is 19.0 Å². The highest BCUT2D eigenvalue weighted by atomic mass is 32.2. The van der Waals surface area contributed by atoms with Gasteiger partial charge >= 0.3 is 0 Å². The molecule has 2 N–H and O–H groups in total. The highest BCUT2D eigenvalue weighted by Crippen LogP contribution is 2.29. The molecule has 0 spiro atoms. The van der Waals surface area contributed by atoms with E-state index in [9.17, 15) is 12.8 Å². The lowest BCUT2D eigenvalue weighted by molar-refractivity contribution is 0.262. The summed E-state index contributed by atoms with van der Waals surface area (Å²) in [5, 5.41) is 0. The molecule has 6 heteroatoms. The van der Waals surface area contributed by atoms with Crippen LogP contribution in [0.25, 0.3) is 0 Å². The van der Waals surface area contributed by atoms with Gasteiger partial charge in [0, 0.05) is 13.1 Å². The van der Waals surface area contributed by atoms with Crippen LogP contribution in [-0.4, -0.2) is 25.8 Å². The fourth-order valence-electron chi connectivity index (χ4n) is 2.73. The van der Waals surface area contributed by atoms with Gasteiger partial charge in [0.25, 0.3) is 0 Å². The maximum absolute atomic E-state index is 13.4. The third-order valence-corrected chi connectivity index (χ3v) is 5.86. The zero-order chi connectivity index (χ0) is 14.8. The quantitative estimate of drug-likeness (QED) is 0.869. The molecule has 0 atom stereocenters. The lowest BCUT2D eigenvalue weighted by Gasteiger charge is -2.31. The second-order valence-electron chi connectivity index (χ2n) is 5.29. The number of nitrogens with zero attached hydrogens (tertiary/aromatic N) is 1. The van der Waals surface area contributed by atoms with Crippen LogP contribution in [-0.2, 0) is 10.0 Å². The van der Waals surface area contributed by atoms with E-state index in [1.165, 1.54) is 22.5 Å². The van der Waals surface area contributed by atoms with Crippen molar-refractivity contribution in [3.8, 4) is 0 Å². The van der Waals surface area contributed by atoms with Crippen LogP contribution in [0, 0.1) is 11.7 Å². The largest absolute Gasteiger partial charge is 0.395 e. The summed E-state index contributed by atoms with van der Waals surface area (Å²) < 4.78 is 39.9. The Balaban J connectivity index is 2.18. The lowest BCUT2D eigenvalue weighted by atomic mass is 9.94. The summed E-state index contributed by atoms with van der Waals surface area (Å²) in [6.07, 6.45) is 3.98. The average Bonchev–Trinajstić information content (AvgIpc) is 2.42. The first kappa shape index (κ1) is 15.3. The van der Waals surface area contributed by atoms with Crippen molar-refractivity contribution < 1.29 is 12.8 Å². The normalized spacial score (nSPS) is 18.3. The standard InChI is InChI=1S/C14H21FN2O2S/c1-2-4-11-7-9-17(10-8-11)20(18,19)13-6-3-5-12(15)14(13)16/h3,5-6,11H,2,4,7-10,16H2,1H3. The predicted molar refractivity (Wildman–Crippen MR) is 77.2 cm³/mol. The Bertz CT molecular complexity index is 567. The summed E-state index contributed by atoms with van der Waals surface area (Å²) in [6.45, 7) is 3.11. The molecule has 1 heterocycles. The Morgan fingerprint density at radius 3 is 2.60 bits per heavy atom. The van der Waals surface area contributed by atoms with Crippen molar-refractivity contribution in [1.29, 1.82) is 0 Å². The molecule has 112 valence electrons. The second kappa shape index (κ2) is 6.10. The number of anilines is 1. The molecule has 0 amide bonds. The minimum Gasteiger partial charge on any atom is -0.395 e. The highest BCUT2D eigenvalue weighted by molar-refractivity contribution is 7.89. The van der Waals surface area contributed by atoms with Gasteiger partial charge in [-0.1, -0.05) is 25.8 Å². The molecular formula is C14H21FN2O2S. The van der Waals surface area contributed by atoms with Crippen molar-refractivity contribution in [3.05, 3.63) is 24.0 Å². The van der Waals surface area contributed by atoms with Gasteiger partial charge in [0.05, 0.1) is 5.69 Å². The lowest BCUT2D eigenvalue weighted by Crippen LogP contribution is -2.38. The molecule has 2 rings (SSSR count). The van der Waals surface area contributed by atoms with Crippen molar-refractivity contribution in [2.24, 2.45) is 5.92 Å². The first-order chi connectivity index (χ1) is 9.46. The van der Waals surface area contributed by atoms with Crippen LogP contribution < -0.4 is 5.73 Å². The Kier molecular flexibility index (Phi) is 4.65. The Morgan fingerprint density at radius 2 is 2.00 bits per heavy atom. The summed E-state index contributed by atoms with van der Waals surface area (Å²) in [5.41, 5.74) is 5.28. The summed E-state index contributed by atoms with van der Waals surface area (Å²) in [7, 11) is -3.69. The van der Waals surface area contributed by atoms with Gasteiger partial charge < -0.3 is 5.73 Å². The molecule has 1 aromatic rings. The number of hydrogen-bond donors (Lipinski definition) is 1. The van der Waals surface area contributed by atoms with Gasteiger partial charge in [0.1, 0.15) is 10.7 Å². The molecule has 0 aliphatic carbocycles. The fourth-order valence-corrected chi connectivity index (χ4v) is 4.32. The van der Waals surface area contributed by atoms with E-state index < -0.39 is 15.8 Å². The van der Waals surface area contributed by atoms with Crippen molar-refractivity contribution in [2.45, 2.75) is 37.5 Å². The summed E-state index contributed by atoms with van der Waals surface area (Å²) in [4.78, 5) is -0.119. The van der Waals surface area contributed by atoms with Crippen LogP contribution in [0.3, 0.4) is 0 Å². The number of nitrogen functional groups attached to an aromatic ring is 1. The highest BCUT2D eigenvalue weighted by Gasteiger charge is 2.30. The monoisotopic (exact) mass is 300 g/mol. The molecule has 20 heavy (non-hydrogen) atoms. The second-order valence-corrected chi connectivity index (χ2v) is 7.19. The van der Waals surface area contributed by atoms with Crippen LogP contribution >= 0.6 is 0 Å². The molecule has 1 fully saturated rings. The van der Waals surface area contributed by atoms with Gasteiger partial charge in [0.15, 0.2) is 0 Å². The minimum absolute atomic E-state index is 0.119. The predicted octanol–water partition coefficient (Wildman–Crippen LogP) is 2.61. The average molecular weight is 300 g/mol. The summed E-state index contributed by atoms with van der Waals surface area (Å²) in [5.74, 6) is -0.0942. The van der Waals surface area contributed by atoms with E-state index in [2.05, 4.69) is 6.92 Å². The molecule has 4 nitrogen and oxygen atoms in total. The van der Waals surface area contributed by atoms with Gasteiger partial charge in [-0.3, -0.25) is 0 Å². The summed E-state index contributed by atoms with van der Waals surface area (Å²) >= 11 is 0. The maximum Gasteiger partial charge on any atom is 0.245 e. The molecule has 0 aromatic heterocycles. The van der Waals surface area contributed by atoms with Crippen LogP contribution in [0.15, 0.2) is 23.1 Å². The number of sulfonamides is 1. The third-order valence-electron chi connectivity index (χ3n) is 3.90. The minimum atomic E-state index is -3.69. The number of nitrogens with two attached hydrogens (primary N) is 1. The number of rotatable bonds is 4. The Hall–Kier alpha value is -1.14. The number of halogens is 1. The van der Waals surface area contributed by atoms with Gasteiger partial charge in [-0.05, 0) is 30.9 Å². The van der Waals surface area contributed by atoms with Crippen molar-refractivity contribution in [1.82, 2.24) is 4.31 Å². The van der Waals surface area contributed by atoms with E-state index >= 15 is 0 Å². The third kappa shape index (κ3) is 2.96. The van der Waals surface area contributed by atoms with E-state index in [1.54, 1.807) is 0 Å². The maximum atomic E-state index is 13.4. The Labute approximate surface area is 119 Å². The summed E-state index contributed by atoms with van der Waals surface area (Å²) in [6, 6.07) is 3.91. The molecule has 1 saturated heterocycles. The van der Waals surface area contributed by atoms with E-state index in [1.807, 2.05) is 0 Å². The molecular weight excluding hydrogens is 279 g/mol. The number of piperidine rings is 1. The first-order valence-electron chi connectivity index (χ1n) is 7.01. The van der Waals surface area contributed by atoms with E-state index in [4.69, 9.17) is 5.73 Å². The number of benzene rings is 1. The van der Waals surface area contributed by atoms with Gasteiger partial charge in [0.2, 0.25) is 10.0 Å². The SMILES string of the molecule is CCCC1CCN(S(=O)(=O)c2cccc(F)c2N)CC1. The first-order valence-corrected chi connectivity index (χ1v) is 8.45. The van der Waals surface area contributed by atoms with Crippen molar-refractivity contribution in [3.63, 3.8) is 0 Å². The smallest absolute Gasteiger partial charge is 0.245 e. The number of hydrogen-bond acceptors (Lipinski definition) is 3. The molecule has 0 unspecified atom stereocenters. The molecule has 1 aromatic carbocycles.